The summed E-state index contributed by atoms with van der Waals surface area (Å²) in [5, 5.41) is 3.72. The number of pyridine rings is 1. The molecule has 1 aromatic carbocycles. The lowest BCUT2D eigenvalue weighted by Crippen LogP contribution is -2.17. The molecule has 1 aromatic heterocycles. The van der Waals surface area contributed by atoms with Crippen LogP contribution in [-0.4, -0.2) is 28.9 Å². The zero-order chi connectivity index (χ0) is 18.0. The number of ketones is 1. The van der Waals surface area contributed by atoms with Gasteiger partial charge < -0.3 is 4.74 Å². The van der Waals surface area contributed by atoms with Crippen LogP contribution in [0.3, 0.4) is 0 Å². The molecule has 1 aliphatic heterocycles. The van der Waals surface area contributed by atoms with Crippen molar-refractivity contribution in [2.45, 2.75) is 25.8 Å². The number of carbonyl (C=O) groups is 1. The van der Waals surface area contributed by atoms with E-state index in [2.05, 4.69) is 15.3 Å². The van der Waals surface area contributed by atoms with Crippen LogP contribution in [0.1, 0.15) is 29.8 Å². The molecule has 0 radical (unpaired) electrons. The van der Waals surface area contributed by atoms with Gasteiger partial charge in [-0.3, -0.25) is 10.1 Å². The van der Waals surface area contributed by atoms with Crippen LogP contribution < -0.4 is 5.32 Å². The van der Waals surface area contributed by atoms with Crippen LogP contribution in [0, 0.1) is 0 Å². The molecule has 2 heterocycles. The summed E-state index contributed by atoms with van der Waals surface area (Å²) in [6, 6.07) is 8.99. The van der Waals surface area contributed by atoms with Crippen molar-refractivity contribution in [2.24, 2.45) is 4.99 Å². The van der Waals surface area contributed by atoms with Gasteiger partial charge in [-0.05, 0) is 43.7 Å². The number of carbonyl (C=O) groups excluding carboxylic acids is 1. The maximum absolute atomic E-state index is 12.5. The Bertz CT molecular complexity index is 830. The predicted octanol–water partition coefficient (Wildman–Crippen LogP) is 4.39. The molecule has 0 atom stereocenters. The molecular formula is C18H17Cl2N3O2. The van der Waals surface area contributed by atoms with Crippen molar-refractivity contribution in [1.29, 1.82) is 0 Å². The van der Waals surface area contributed by atoms with Crippen molar-refractivity contribution < 1.29 is 9.53 Å². The number of halogens is 2. The molecule has 5 nitrogen and oxygen atoms in total. The first-order valence-corrected chi connectivity index (χ1v) is 8.51. The number of aliphatic imine (C=N–C) groups is 1. The summed E-state index contributed by atoms with van der Waals surface area (Å²) in [7, 11) is 0. The molecule has 7 heteroatoms. The number of benzene rings is 1. The van der Waals surface area contributed by atoms with Gasteiger partial charge in [0.05, 0.1) is 21.1 Å². The summed E-state index contributed by atoms with van der Waals surface area (Å²) in [6.45, 7) is 4.48. The number of hydrogen-bond acceptors (Lipinski definition) is 5. The summed E-state index contributed by atoms with van der Waals surface area (Å²) >= 11 is 12.2. The largest absolute Gasteiger partial charge is 0.462 e. The zero-order valence-electron chi connectivity index (χ0n) is 13.8. The summed E-state index contributed by atoms with van der Waals surface area (Å²) in [5.41, 5.74) is 0.871. The average Bonchev–Trinajstić information content (AvgIpc) is 2.86. The molecule has 25 heavy (non-hydrogen) atoms. The predicted molar refractivity (Wildman–Crippen MR) is 99.8 cm³/mol. The van der Waals surface area contributed by atoms with Gasteiger partial charge in [-0.15, -0.1) is 0 Å². The van der Waals surface area contributed by atoms with Gasteiger partial charge in [0.2, 0.25) is 0 Å². The van der Waals surface area contributed by atoms with E-state index in [-0.39, 0.29) is 17.7 Å². The minimum Gasteiger partial charge on any atom is -0.462 e. The molecular weight excluding hydrogens is 361 g/mol. The lowest BCUT2D eigenvalue weighted by Gasteiger charge is -2.08. The zero-order valence-corrected chi connectivity index (χ0v) is 15.4. The highest BCUT2D eigenvalue weighted by Crippen LogP contribution is 2.26. The third-order valence-electron chi connectivity index (χ3n) is 3.63. The van der Waals surface area contributed by atoms with Crippen LogP contribution in [0.5, 0.6) is 0 Å². The summed E-state index contributed by atoms with van der Waals surface area (Å²) < 4.78 is 5.49. The Hall–Kier alpha value is -2.11. The van der Waals surface area contributed by atoms with Crippen molar-refractivity contribution in [3.8, 4) is 0 Å². The first kappa shape index (κ1) is 17.7. The number of Topliss-reactive ketones (excluding diaryl/α,β-unsaturated/α-hetero) is 1. The van der Waals surface area contributed by atoms with Crippen LogP contribution in [0.15, 0.2) is 41.5 Å². The molecule has 0 saturated heterocycles. The van der Waals surface area contributed by atoms with Gasteiger partial charge in [-0.25, -0.2) is 9.98 Å². The second kappa shape index (κ2) is 7.02. The van der Waals surface area contributed by atoms with Crippen molar-refractivity contribution in [3.63, 3.8) is 0 Å². The van der Waals surface area contributed by atoms with E-state index >= 15 is 0 Å². The molecule has 0 saturated carbocycles. The van der Waals surface area contributed by atoms with Crippen LogP contribution in [-0.2, 0) is 11.2 Å². The lowest BCUT2D eigenvalue weighted by molar-refractivity contribution is 0.0993. The van der Waals surface area contributed by atoms with Gasteiger partial charge in [0, 0.05) is 12.6 Å². The molecule has 0 fully saturated rings. The van der Waals surface area contributed by atoms with Gasteiger partial charge >= 0.3 is 0 Å². The third kappa shape index (κ3) is 4.30. The van der Waals surface area contributed by atoms with E-state index in [4.69, 9.17) is 27.9 Å². The Morgan fingerprint density at radius 1 is 1.28 bits per heavy atom. The van der Waals surface area contributed by atoms with Gasteiger partial charge in [0.25, 0.3) is 6.02 Å². The Kier molecular flexibility index (Phi) is 4.97. The molecule has 1 N–H and O–H groups in total. The highest BCUT2D eigenvalue weighted by molar-refractivity contribution is 6.39. The third-order valence-corrected chi connectivity index (χ3v) is 4.26. The topological polar surface area (TPSA) is 63.6 Å². The highest BCUT2D eigenvalue weighted by atomic mass is 35.5. The van der Waals surface area contributed by atoms with E-state index in [9.17, 15) is 4.79 Å². The highest BCUT2D eigenvalue weighted by Gasteiger charge is 2.26. The van der Waals surface area contributed by atoms with Crippen LogP contribution in [0.2, 0.25) is 10.0 Å². The van der Waals surface area contributed by atoms with Gasteiger partial charge in [0.15, 0.2) is 5.78 Å². The maximum Gasteiger partial charge on any atom is 0.291 e. The van der Waals surface area contributed by atoms with Crippen molar-refractivity contribution in [3.05, 3.63) is 57.7 Å². The summed E-state index contributed by atoms with van der Waals surface area (Å²) in [5.74, 6) is 0.412. The lowest BCUT2D eigenvalue weighted by atomic mass is 10.0. The minimum absolute atomic E-state index is 0.150. The SMILES string of the molecule is CC1(C)COC(Nc2cc(CC(=O)c3c(Cl)cccc3Cl)ccn2)=N1. The average molecular weight is 378 g/mol. The molecule has 3 rings (SSSR count). The van der Waals surface area contributed by atoms with E-state index in [1.54, 1.807) is 36.5 Å². The van der Waals surface area contributed by atoms with Crippen molar-refractivity contribution in [1.82, 2.24) is 4.98 Å². The van der Waals surface area contributed by atoms with Crippen molar-refractivity contribution in [2.75, 3.05) is 11.9 Å². The van der Waals surface area contributed by atoms with Gasteiger partial charge in [0.1, 0.15) is 12.4 Å². The number of nitrogens with one attached hydrogen (secondary N) is 1. The monoisotopic (exact) mass is 377 g/mol. The quantitative estimate of drug-likeness (QED) is 0.802. The Morgan fingerprint density at radius 2 is 2.00 bits per heavy atom. The van der Waals surface area contributed by atoms with Crippen molar-refractivity contribution >= 4 is 40.8 Å². The first-order valence-electron chi connectivity index (χ1n) is 7.76. The standard InChI is InChI=1S/C18H17Cl2N3O2/c1-18(2)10-25-17(23-18)22-15-9-11(6-7-21-15)8-14(24)16-12(19)4-3-5-13(16)20/h3-7,9H,8,10H2,1-2H3,(H,21,22,23). The summed E-state index contributed by atoms with van der Waals surface area (Å²) in [6.07, 6.45) is 1.79. The second-order valence-corrected chi connectivity index (χ2v) is 7.20. The fourth-order valence-electron chi connectivity index (χ4n) is 2.45. The van der Waals surface area contributed by atoms with Crippen LogP contribution in [0.25, 0.3) is 0 Å². The second-order valence-electron chi connectivity index (χ2n) is 6.39. The molecule has 130 valence electrons. The molecule has 0 spiro atoms. The number of ether oxygens (including phenoxy) is 1. The van der Waals surface area contributed by atoms with E-state index < -0.39 is 0 Å². The van der Waals surface area contributed by atoms with E-state index in [1.165, 1.54) is 0 Å². The fraction of sp³-hybridized carbons (Fsp3) is 0.278. The maximum atomic E-state index is 12.5. The van der Waals surface area contributed by atoms with Gasteiger partial charge in [-0.1, -0.05) is 29.3 Å². The van der Waals surface area contributed by atoms with E-state index in [0.29, 0.717) is 34.1 Å². The fourth-order valence-corrected chi connectivity index (χ4v) is 3.06. The number of rotatable bonds is 4. The van der Waals surface area contributed by atoms with E-state index in [1.807, 2.05) is 13.8 Å². The molecule has 2 aromatic rings. The number of nitrogens with zero attached hydrogens (tertiary/aromatic N) is 2. The molecule has 0 bridgehead atoms. The normalized spacial score (nSPS) is 15.4. The Balaban J connectivity index is 1.75. The molecule has 0 amide bonds. The molecule has 0 unspecified atom stereocenters. The number of amidine groups is 1. The summed E-state index contributed by atoms with van der Waals surface area (Å²) in [4.78, 5) is 21.2. The Labute approximate surface area is 156 Å². The number of aromatic nitrogens is 1. The van der Waals surface area contributed by atoms with Crippen LogP contribution in [0.4, 0.5) is 5.82 Å². The van der Waals surface area contributed by atoms with Gasteiger partial charge in [-0.2, -0.15) is 0 Å². The smallest absolute Gasteiger partial charge is 0.291 e. The number of hydrogen-bond donors (Lipinski definition) is 1. The molecule has 1 aliphatic rings. The Morgan fingerprint density at radius 3 is 2.64 bits per heavy atom. The van der Waals surface area contributed by atoms with Crippen LogP contribution >= 0.6 is 23.2 Å². The van der Waals surface area contributed by atoms with E-state index in [0.717, 1.165) is 5.56 Å². The number of anilines is 1. The molecule has 0 aliphatic carbocycles. The first-order chi connectivity index (χ1) is 11.8. The minimum atomic E-state index is -0.253.